The second kappa shape index (κ2) is 2.34. The Morgan fingerprint density at radius 1 is 1.33 bits per heavy atom. The van der Waals surface area contributed by atoms with Crippen LogP contribution in [-0.2, 0) is 6.42 Å². The van der Waals surface area contributed by atoms with Crippen LogP contribution in [0.25, 0.3) is 0 Å². The minimum absolute atomic E-state index is 0.236. The van der Waals surface area contributed by atoms with Crippen molar-refractivity contribution in [1.29, 1.82) is 0 Å². The molecule has 2 N–H and O–H groups in total. The Kier molecular flexibility index (Phi) is 1.43. The van der Waals surface area contributed by atoms with Crippen LogP contribution in [0.2, 0.25) is 0 Å². The fraction of sp³-hybridized carbons (Fsp3) is 0.300. The van der Waals surface area contributed by atoms with E-state index < -0.39 is 0 Å². The van der Waals surface area contributed by atoms with Crippen LogP contribution in [0, 0.1) is 6.92 Å². The van der Waals surface area contributed by atoms with Gasteiger partial charge in [0.15, 0.2) is 5.78 Å². The predicted octanol–water partition coefficient (Wildman–Crippen LogP) is 1.71. The van der Waals surface area contributed by atoms with E-state index in [9.17, 15) is 4.79 Å². The third-order valence-corrected chi connectivity index (χ3v) is 2.33. The highest BCUT2D eigenvalue weighted by atomic mass is 16.1. The number of carbonyl (C=O) groups is 1. The van der Waals surface area contributed by atoms with E-state index in [1.54, 1.807) is 0 Å². The monoisotopic (exact) mass is 161 g/mol. The SMILES string of the molecule is Cc1cc(N)c2c(c1)C(=O)CC2. The first-order valence-corrected chi connectivity index (χ1v) is 4.10. The average Bonchev–Trinajstić information content (AvgIpc) is 2.33. The molecule has 0 saturated heterocycles. The fourth-order valence-corrected chi connectivity index (χ4v) is 1.75. The van der Waals surface area contributed by atoms with Gasteiger partial charge in [-0.2, -0.15) is 0 Å². The van der Waals surface area contributed by atoms with Crippen molar-refractivity contribution in [3.63, 3.8) is 0 Å². The molecule has 0 radical (unpaired) electrons. The lowest BCUT2D eigenvalue weighted by Gasteiger charge is -2.03. The second-order valence-electron chi connectivity index (χ2n) is 3.30. The summed E-state index contributed by atoms with van der Waals surface area (Å²) < 4.78 is 0. The molecule has 0 saturated carbocycles. The Balaban J connectivity index is 2.68. The first-order chi connectivity index (χ1) is 5.68. The molecule has 0 fully saturated rings. The highest BCUT2D eigenvalue weighted by Crippen LogP contribution is 2.28. The lowest BCUT2D eigenvalue weighted by Crippen LogP contribution is -1.96. The van der Waals surface area contributed by atoms with E-state index in [4.69, 9.17) is 5.73 Å². The van der Waals surface area contributed by atoms with Crippen LogP contribution in [0.15, 0.2) is 12.1 Å². The molecule has 1 aromatic rings. The van der Waals surface area contributed by atoms with E-state index in [0.29, 0.717) is 6.42 Å². The molecule has 2 nitrogen and oxygen atoms in total. The number of carbonyl (C=O) groups excluding carboxylic acids is 1. The number of hydrogen-bond donors (Lipinski definition) is 1. The van der Waals surface area contributed by atoms with E-state index in [1.165, 1.54) is 0 Å². The number of ketones is 1. The minimum atomic E-state index is 0.236. The van der Waals surface area contributed by atoms with E-state index in [2.05, 4.69) is 0 Å². The second-order valence-corrected chi connectivity index (χ2v) is 3.30. The zero-order valence-corrected chi connectivity index (χ0v) is 7.05. The molecular weight excluding hydrogens is 150 g/mol. The maximum atomic E-state index is 11.3. The van der Waals surface area contributed by atoms with Crippen molar-refractivity contribution in [2.45, 2.75) is 19.8 Å². The molecule has 2 heteroatoms. The van der Waals surface area contributed by atoms with Gasteiger partial charge in [0.05, 0.1) is 0 Å². The van der Waals surface area contributed by atoms with Crippen LogP contribution in [-0.4, -0.2) is 5.78 Å². The molecule has 1 aromatic carbocycles. The molecular formula is C10H11NO. The normalized spacial score (nSPS) is 14.9. The van der Waals surface area contributed by atoms with E-state index >= 15 is 0 Å². The molecule has 62 valence electrons. The summed E-state index contributed by atoms with van der Waals surface area (Å²) in [6, 6.07) is 3.86. The highest BCUT2D eigenvalue weighted by molar-refractivity contribution is 6.02. The molecule has 0 aliphatic heterocycles. The van der Waals surface area contributed by atoms with Crippen LogP contribution in [0.5, 0.6) is 0 Å². The molecule has 12 heavy (non-hydrogen) atoms. The number of nitrogens with two attached hydrogens (primary N) is 1. The first kappa shape index (κ1) is 7.35. The molecule has 1 aliphatic rings. The summed E-state index contributed by atoms with van der Waals surface area (Å²) in [5, 5.41) is 0. The average molecular weight is 161 g/mol. The zero-order chi connectivity index (χ0) is 8.72. The van der Waals surface area contributed by atoms with Crippen molar-refractivity contribution in [3.05, 3.63) is 28.8 Å². The van der Waals surface area contributed by atoms with Gasteiger partial charge in [-0.3, -0.25) is 4.79 Å². The van der Waals surface area contributed by atoms with Gasteiger partial charge in [-0.15, -0.1) is 0 Å². The minimum Gasteiger partial charge on any atom is -0.398 e. The zero-order valence-electron chi connectivity index (χ0n) is 7.05. The van der Waals surface area contributed by atoms with Crippen molar-refractivity contribution in [2.24, 2.45) is 0 Å². The quantitative estimate of drug-likeness (QED) is 0.588. The number of anilines is 1. The summed E-state index contributed by atoms with van der Waals surface area (Å²) >= 11 is 0. The van der Waals surface area contributed by atoms with Crippen LogP contribution in [0.3, 0.4) is 0 Å². The fourth-order valence-electron chi connectivity index (χ4n) is 1.75. The lowest BCUT2D eigenvalue weighted by molar-refractivity contribution is 0.0994. The topological polar surface area (TPSA) is 43.1 Å². The number of fused-ring (bicyclic) bond motifs is 1. The highest BCUT2D eigenvalue weighted by Gasteiger charge is 2.21. The lowest BCUT2D eigenvalue weighted by atomic mass is 10.0. The first-order valence-electron chi connectivity index (χ1n) is 4.10. The van der Waals surface area contributed by atoms with Gasteiger partial charge in [0.1, 0.15) is 0 Å². The Morgan fingerprint density at radius 3 is 2.83 bits per heavy atom. The Morgan fingerprint density at radius 2 is 2.08 bits per heavy atom. The summed E-state index contributed by atoms with van der Waals surface area (Å²) in [7, 11) is 0. The third-order valence-electron chi connectivity index (χ3n) is 2.33. The van der Waals surface area contributed by atoms with E-state index in [0.717, 1.165) is 28.8 Å². The standard InChI is InChI=1S/C10H11NO/c1-6-4-8-7(9(11)5-6)2-3-10(8)12/h4-5H,2-3,11H2,1H3. The largest absolute Gasteiger partial charge is 0.398 e. The molecule has 1 aliphatic carbocycles. The van der Waals surface area contributed by atoms with Gasteiger partial charge in [0.25, 0.3) is 0 Å². The Bertz CT molecular complexity index is 355. The number of Topliss-reactive ketones (excluding diaryl/α,β-unsaturated/α-hetero) is 1. The van der Waals surface area contributed by atoms with Crippen molar-refractivity contribution in [2.75, 3.05) is 5.73 Å². The van der Waals surface area contributed by atoms with Crippen molar-refractivity contribution in [1.82, 2.24) is 0 Å². The number of nitrogen functional groups attached to an aromatic ring is 1. The number of aryl methyl sites for hydroxylation is 1. The van der Waals surface area contributed by atoms with Crippen LogP contribution in [0.1, 0.15) is 27.9 Å². The Hall–Kier alpha value is -1.31. The molecule has 0 heterocycles. The van der Waals surface area contributed by atoms with Crippen molar-refractivity contribution >= 4 is 11.5 Å². The molecule has 0 aromatic heterocycles. The molecule has 2 rings (SSSR count). The summed E-state index contributed by atoms with van der Waals surface area (Å²) in [5.41, 5.74) is 9.51. The summed E-state index contributed by atoms with van der Waals surface area (Å²) in [5.74, 6) is 0.236. The predicted molar refractivity (Wildman–Crippen MR) is 48.2 cm³/mol. The number of rotatable bonds is 0. The molecule has 0 bridgehead atoms. The molecule has 0 spiro atoms. The van der Waals surface area contributed by atoms with Crippen LogP contribution < -0.4 is 5.73 Å². The van der Waals surface area contributed by atoms with Gasteiger partial charge in [0.2, 0.25) is 0 Å². The molecule has 0 unspecified atom stereocenters. The van der Waals surface area contributed by atoms with E-state index in [-0.39, 0.29) is 5.78 Å². The van der Waals surface area contributed by atoms with Crippen molar-refractivity contribution in [3.8, 4) is 0 Å². The smallest absolute Gasteiger partial charge is 0.163 e. The van der Waals surface area contributed by atoms with Gasteiger partial charge in [-0.25, -0.2) is 0 Å². The number of benzene rings is 1. The molecule has 0 atom stereocenters. The summed E-state index contributed by atoms with van der Waals surface area (Å²) in [4.78, 5) is 11.3. The summed E-state index contributed by atoms with van der Waals surface area (Å²) in [6.07, 6.45) is 1.45. The van der Waals surface area contributed by atoms with Gasteiger partial charge in [-0.05, 0) is 36.6 Å². The number of hydrogen-bond acceptors (Lipinski definition) is 2. The van der Waals surface area contributed by atoms with Crippen LogP contribution in [0.4, 0.5) is 5.69 Å². The summed E-state index contributed by atoms with van der Waals surface area (Å²) in [6.45, 7) is 1.96. The van der Waals surface area contributed by atoms with Gasteiger partial charge in [0, 0.05) is 17.7 Å². The van der Waals surface area contributed by atoms with E-state index in [1.807, 2.05) is 19.1 Å². The van der Waals surface area contributed by atoms with Gasteiger partial charge < -0.3 is 5.73 Å². The maximum Gasteiger partial charge on any atom is 0.163 e. The van der Waals surface area contributed by atoms with Crippen molar-refractivity contribution < 1.29 is 4.79 Å². The van der Waals surface area contributed by atoms with Crippen LogP contribution >= 0.6 is 0 Å². The maximum absolute atomic E-state index is 11.3. The molecule has 0 amide bonds. The Labute approximate surface area is 71.4 Å². The van der Waals surface area contributed by atoms with Gasteiger partial charge in [-0.1, -0.05) is 0 Å². The third kappa shape index (κ3) is 0.916. The van der Waals surface area contributed by atoms with Gasteiger partial charge >= 0.3 is 0 Å².